The minimum absolute atomic E-state index is 0.324. The minimum atomic E-state index is -2.97. The molecular weight excluding hydrogens is 210 g/mol. The molecule has 1 fully saturated rings. The van der Waals surface area contributed by atoms with E-state index in [0.717, 1.165) is 32.4 Å². The van der Waals surface area contributed by atoms with Crippen LogP contribution in [0.5, 0.6) is 0 Å². The van der Waals surface area contributed by atoms with Gasteiger partial charge in [-0.15, -0.1) is 0 Å². The summed E-state index contributed by atoms with van der Waals surface area (Å²) >= 11 is 0. The van der Waals surface area contributed by atoms with Crippen molar-refractivity contribution in [3.05, 3.63) is 0 Å². The predicted octanol–water partition coefficient (Wildman–Crippen LogP) is 2.24. The maximum absolute atomic E-state index is 12.0. The van der Waals surface area contributed by atoms with Gasteiger partial charge in [-0.1, -0.05) is 26.7 Å². The van der Waals surface area contributed by atoms with Crippen molar-refractivity contribution in [2.75, 3.05) is 18.8 Å². The molecule has 0 amide bonds. The van der Waals surface area contributed by atoms with Crippen molar-refractivity contribution in [3.63, 3.8) is 0 Å². The zero-order chi connectivity index (χ0) is 11.3. The molecule has 0 aliphatic carbocycles. The van der Waals surface area contributed by atoms with Gasteiger partial charge in [-0.25, -0.2) is 12.7 Å². The quantitative estimate of drug-likeness (QED) is 0.747. The average Bonchev–Trinajstić information content (AvgIpc) is 2.43. The Bertz CT molecular complexity index is 264. The summed E-state index contributed by atoms with van der Waals surface area (Å²) in [6.45, 7) is 5.61. The van der Waals surface area contributed by atoms with E-state index in [-0.39, 0.29) is 0 Å². The highest BCUT2D eigenvalue weighted by molar-refractivity contribution is 7.89. The van der Waals surface area contributed by atoms with Gasteiger partial charge in [-0.05, 0) is 25.2 Å². The van der Waals surface area contributed by atoms with Crippen molar-refractivity contribution in [1.29, 1.82) is 0 Å². The van der Waals surface area contributed by atoms with Crippen molar-refractivity contribution in [2.45, 2.75) is 46.0 Å². The highest BCUT2D eigenvalue weighted by Gasteiger charge is 2.22. The van der Waals surface area contributed by atoms with Crippen LogP contribution in [-0.2, 0) is 10.0 Å². The van der Waals surface area contributed by atoms with Gasteiger partial charge in [-0.2, -0.15) is 0 Å². The van der Waals surface area contributed by atoms with Crippen LogP contribution in [0, 0.1) is 5.92 Å². The van der Waals surface area contributed by atoms with E-state index in [9.17, 15) is 8.42 Å². The molecule has 0 atom stereocenters. The Morgan fingerprint density at radius 1 is 1.07 bits per heavy atom. The highest BCUT2D eigenvalue weighted by Crippen LogP contribution is 2.15. The summed E-state index contributed by atoms with van der Waals surface area (Å²) in [5.74, 6) is 0.789. The van der Waals surface area contributed by atoms with Crippen molar-refractivity contribution in [3.8, 4) is 0 Å². The van der Waals surface area contributed by atoms with E-state index in [0.29, 0.717) is 11.7 Å². The Labute approximate surface area is 93.9 Å². The first-order valence-electron chi connectivity index (χ1n) is 6.00. The standard InChI is InChI=1S/C11H23NO2S/c1-11(2)7-10-15(13,14)12-8-5-3-4-6-9-12/h11H,3-10H2,1-2H3. The highest BCUT2D eigenvalue weighted by atomic mass is 32.2. The van der Waals surface area contributed by atoms with E-state index in [1.165, 1.54) is 12.8 Å². The van der Waals surface area contributed by atoms with Crippen LogP contribution >= 0.6 is 0 Å². The summed E-state index contributed by atoms with van der Waals surface area (Å²) in [5, 5.41) is 0. The summed E-state index contributed by atoms with van der Waals surface area (Å²) in [6, 6.07) is 0. The third-order valence-electron chi connectivity index (χ3n) is 2.91. The fourth-order valence-corrected chi connectivity index (χ4v) is 3.68. The normalized spacial score (nSPS) is 20.5. The average molecular weight is 233 g/mol. The Hall–Kier alpha value is -0.0900. The van der Waals surface area contributed by atoms with Crippen LogP contribution in [-0.4, -0.2) is 31.6 Å². The second-order valence-electron chi connectivity index (χ2n) is 4.81. The maximum Gasteiger partial charge on any atom is 0.214 e. The molecule has 90 valence electrons. The lowest BCUT2D eigenvalue weighted by atomic mass is 10.2. The van der Waals surface area contributed by atoms with E-state index >= 15 is 0 Å². The molecule has 0 aromatic rings. The van der Waals surface area contributed by atoms with Crippen LogP contribution in [0.1, 0.15) is 46.0 Å². The van der Waals surface area contributed by atoms with Gasteiger partial charge < -0.3 is 0 Å². The summed E-state index contributed by atoms with van der Waals surface area (Å²) < 4.78 is 25.6. The largest absolute Gasteiger partial charge is 0.214 e. The van der Waals surface area contributed by atoms with Gasteiger partial charge in [0, 0.05) is 13.1 Å². The smallest absolute Gasteiger partial charge is 0.212 e. The molecule has 1 rings (SSSR count). The van der Waals surface area contributed by atoms with Crippen molar-refractivity contribution in [2.24, 2.45) is 5.92 Å². The van der Waals surface area contributed by atoms with Crippen LogP contribution in [0.4, 0.5) is 0 Å². The van der Waals surface area contributed by atoms with Gasteiger partial charge in [0.1, 0.15) is 0 Å². The second-order valence-corrected chi connectivity index (χ2v) is 6.90. The van der Waals surface area contributed by atoms with Gasteiger partial charge in [0.25, 0.3) is 0 Å². The Morgan fingerprint density at radius 2 is 1.60 bits per heavy atom. The SMILES string of the molecule is CC(C)CCS(=O)(=O)N1CCCCCC1. The lowest BCUT2D eigenvalue weighted by Gasteiger charge is -2.20. The zero-order valence-electron chi connectivity index (χ0n) is 9.91. The fraction of sp³-hybridized carbons (Fsp3) is 1.00. The van der Waals surface area contributed by atoms with Crippen LogP contribution in [0.15, 0.2) is 0 Å². The molecule has 0 radical (unpaired) electrons. The molecule has 4 heteroatoms. The van der Waals surface area contributed by atoms with Crippen LogP contribution in [0.3, 0.4) is 0 Å². The fourth-order valence-electron chi connectivity index (χ4n) is 1.83. The third kappa shape index (κ3) is 4.51. The number of hydrogen-bond acceptors (Lipinski definition) is 2. The number of nitrogens with zero attached hydrogens (tertiary/aromatic N) is 1. The van der Waals surface area contributed by atoms with E-state index in [2.05, 4.69) is 13.8 Å². The first-order valence-corrected chi connectivity index (χ1v) is 7.61. The predicted molar refractivity (Wildman–Crippen MR) is 63.3 cm³/mol. The molecule has 1 saturated heterocycles. The molecule has 0 spiro atoms. The third-order valence-corrected chi connectivity index (χ3v) is 4.82. The Balaban J connectivity index is 2.51. The van der Waals surface area contributed by atoms with Gasteiger partial charge in [0.05, 0.1) is 5.75 Å². The molecule has 1 heterocycles. The summed E-state index contributed by atoms with van der Waals surface area (Å²) in [5.41, 5.74) is 0. The first-order chi connectivity index (χ1) is 7.02. The maximum atomic E-state index is 12.0. The topological polar surface area (TPSA) is 37.4 Å². The Kier molecular flexibility index (Phi) is 5.06. The molecule has 0 N–H and O–H groups in total. The second kappa shape index (κ2) is 5.85. The summed E-state index contributed by atoms with van der Waals surface area (Å²) in [6.07, 6.45) is 5.19. The molecule has 3 nitrogen and oxygen atoms in total. The van der Waals surface area contributed by atoms with Gasteiger partial charge in [-0.3, -0.25) is 0 Å². The molecule has 0 bridgehead atoms. The number of sulfonamides is 1. The lowest BCUT2D eigenvalue weighted by molar-refractivity contribution is 0.420. The van der Waals surface area contributed by atoms with Crippen molar-refractivity contribution >= 4 is 10.0 Å². The van der Waals surface area contributed by atoms with Crippen LogP contribution in [0.2, 0.25) is 0 Å². The number of rotatable bonds is 4. The molecule has 1 aliphatic heterocycles. The molecule has 0 unspecified atom stereocenters. The molecule has 0 aromatic carbocycles. The first kappa shape index (κ1) is 13.0. The van der Waals surface area contributed by atoms with Crippen LogP contribution in [0.25, 0.3) is 0 Å². The molecule has 15 heavy (non-hydrogen) atoms. The van der Waals surface area contributed by atoms with Crippen LogP contribution < -0.4 is 0 Å². The van der Waals surface area contributed by atoms with E-state index in [1.807, 2.05) is 0 Å². The Morgan fingerprint density at radius 3 is 2.07 bits per heavy atom. The summed E-state index contributed by atoms with van der Waals surface area (Å²) in [4.78, 5) is 0. The molecule has 1 aliphatic rings. The van der Waals surface area contributed by atoms with Gasteiger partial charge in [0.15, 0.2) is 0 Å². The van der Waals surface area contributed by atoms with E-state index < -0.39 is 10.0 Å². The van der Waals surface area contributed by atoms with E-state index in [1.54, 1.807) is 4.31 Å². The van der Waals surface area contributed by atoms with Crippen molar-refractivity contribution < 1.29 is 8.42 Å². The monoisotopic (exact) mass is 233 g/mol. The van der Waals surface area contributed by atoms with Crippen molar-refractivity contribution in [1.82, 2.24) is 4.31 Å². The molecular formula is C11H23NO2S. The molecule has 0 aromatic heterocycles. The zero-order valence-corrected chi connectivity index (χ0v) is 10.7. The summed E-state index contributed by atoms with van der Waals surface area (Å²) in [7, 11) is -2.97. The number of hydrogen-bond donors (Lipinski definition) is 0. The van der Waals surface area contributed by atoms with E-state index in [4.69, 9.17) is 0 Å². The minimum Gasteiger partial charge on any atom is -0.212 e. The van der Waals surface area contributed by atoms with Gasteiger partial charge >= 0.3 is 0 Å². The lowest BCUT2D eigenvalue weighted by Crippen LogP contribution is -2.34. The van der Waals surface area contributed by atoms with Gasteiger partial charge in [0.2, 0.25) is 10.0 Å². The molecule has 0 saturated carbocycles.